The number of benzene rings is 14. The SMILES string of the molecule is Fc1ccc(N2c3cc(N(c4ccccc4)c4ccccc4)cc4c3B(c3ccccc3N4c3ccccc3)c3cc4c(c(C(F)(F)F)c32)Sc2cc(N(c3ccc(-c5ccccc5)cc3)c3cccc(-c5ccccc5)c3)cc3c2B4c2ccccc2N3c2ccccc2)c(F)c1. The topological polar surface area (TPSA) is 16.2 Å². The summed E-state index contributed by atoms with van der Waals surface area (Å²) in [5.41, 5.74) is 16.2. The molecule has 0 unspecified atom stereocenters. The molecule has 98 heavy (non-hydrogen) atoms. The average Bonchev–Trinajstić information content (AvgIpc) is 0.679. The van der Waals surface area contributed by atoms with Crippen LogP contribution in [0, 0.1) is 11.6 Å². The van der Waals surface area contributed by atoms with Crippen molar-refractivity contribution in [1.29, 1.82) is 0 Å². The molecule has 4 aliphatic heterocycles. The van der Waals surface area contributed by atoms with Gasteiger partial charge in [-0.25, -0.2) is 8.78 Å². The zero-order chi connectivity index (χ0) is 65.8. The predicted molar refractivity (Wildman–Crippen MR) is 396 cm³/mol. The van der Waals surface area contributed by atoms with Crippen LogP contribution in [0.25, 0.3) is 22.3 Å². The molecule has 0 N–H and O–H groups in total. The summed E-state index contributed by atoms with van der Waals surface area (Å²) in [5.74, 6) is -1.89. The lowest BCUT2D eigenvalue weighted by atomic mass is 9.30. The van der Waals surface area contributed by atoms with Crippen molar-refractivity contribution in [2.45, 2.75) is 16.0 Å². The molecule has 0 aromatic heterocycles. The Labute approximate surface area is 569 Å². The molecule has 0 saturated heterocycles. The summed E-state index contributed by atoms with van der Waals surface area (Å²) in [5, 5.41) is 0. The van der Waals surface area contributed by atoms with Gasteiger partial charge in [-0.05, 0) is 171 Å². The van der Waals surface area contributed by atoms with Crippen molar-refractivity contribution in [2.24, 2.45) is 0 Å². The van der Waals surface area contributed by atoms with Crippen LogP contribution in [0.1, 0.15) is 5.56 Å². The van der Waals surface area contributed by atoms with Gasteiger partial charge in [0.15, 0.2) is 0 Å². The van der Waals surface area contributed by atoms with Gasteiger partial charge >= 0.3 is 6.18 Å². The monoisotopic (exact) mass is 1290 g/mol. The molecule has 13 heteroatoms. The third-order valence-electron chi connectivity index (χ3n) is 19.3. The van der Waals surface area contributed by atoms with E-state index < -0.39 is 36.8 Å². The van der Waals surface area contributed by atoms with Crippen molar-refractivity contribution >= 4 is 143 Å². The first-order chi connectivity index (χ1) is 48.1. The number of rotatable bonds is 11. The minimum atomic E-state index is -5.09. The molecule has 0 spiro atoms. The lowest BCUT2D eigenvalue weighted by Crippen LogP contribution is -2.65. The molecule has 0 bridgehead atoms. The van der Waals surface area contributed by atoms with Gasteiger partial charge in [-0.2, -0.15) is 13.2 Å². The normalized spacial score (nSPS) is 13.0. The van der Waals surface area contributed by atoms with Gasteiger partial charge in [-0.3, -0.25) is 0 Å². The van der Waals surface area contributed by atoms with E-state index in [1.807, 2.05) is 206 Å². The van der Waals surface area contributed by atoms with Crippen molar-refractivity contribution in [2.75, 3.05) is 24.5 Å². The highest BCUT2D eigenvalue weighted by Crippen LogP contribution is 2.55. The molecule has 18 rings (SSSR count). The van der Waals surface area contributed by atoms with Gasteiger partial charge < -0.3 is 24.5 Å². The second-order valence-corrected chi connectivity index (χ2v) is 26.0. The van der Waals surface area contributed by atoms with Gasteiger partial charge in [0.05, 0.1) is 22.6 Å². The van der Waals surface area contributed by atoms with Crippen LogP contribution in [-0.2, 0) is 6.18 Å². The second kappa shape index (κ2) is 23.5. The van der Waals surface area contributed by atoms with Crippen molar-refractivity contribution in [1.82, 2.24) is 0 Å². The molecule has 4 aliphatic rings. The largest absolute Gasteiger partial charge is 0.419 e. The summed E-state index contributed by atoms with van der Waals surface area (Å²) in [6, 6.07) is 106. The summed E-state index contributed by atoms with van der Waals surface area (Å²) >= 11 is 1.10. The number of alkyl halides is 3. The van der Waals surface area contributed by atoms with Gasteiger partial charge in [-0.15, -0.1) is 0 Å². The number of fused-ring (bicyclic) bond motifs is 8. The van der Waals surface area contributed by atoms with Crippen LogP contribution in [0.2, 0.25) is 0 Å². The summed E-state index contributed by atoms with van der Waals surface area (Å²) < 4.78 is 88.0. The summed E-state index contributed by atoms with van der Waals surface area (Å²) in [7, 11) is 0. The van der Waals surface area contributed by atoms with Crippen LogP contribution in [-0.4, -0.2) is 13.4 Å². The predicted octanol–water partition coefficient (Wildman–Crippen LogP) is 20.1. The number of para-hydroxylation sites is 6. The van der Waals surface area contributed by atoms with E-state index in [2.05, 4.69) is 123 Å². The second-order valence-electron chi connectivity index (χ2n) is 24.9. The average molecular weight is 1290 g/mol. The molecule has 5 nitrogen and oxygen atoms in total. The Morgan fingerprint density at radius 2 is 0.745 bits per heavy atom. The summed E-state index contributed by atoms with van der Waals surface area (Å²) in [4.78, 5) is 10.7. The van der Waals surface area contributed by atoms with Gasteiger partial charge in [0.25, 0.3) is 6.71 Å². The van der Waals surface area contributed by atoms with Gasteiger partial charge in [0.1, 0.15) is 11.6 Å². The molecule has 0 atom stereocenters. The molecule has 466 valence electrons. The zero-order valence-electron chi connectivity index (χ0n) is 52.4. The highest BCUT2D eigenvalue weighted by molar-refractivity contribution is 8.00. The van der Waals surface area contributed by atoms with Crippen LogP contribution < -0.4 is 57.3 Å². The molecule has 0 aliphatic carbocycles. The number of hydrogen-bond acceptors (Lipinski definition) is 6. The first kappa shape index (κ1) is 58.8. The maximum absolute atomic E-state index is 18.2. The van der Waals surface area contributed by atoms with Crippen molar-refractivity contribution in [3.63, 3.8) is 0 Å². The van der Waals surface area contributed by atoms with Crippen LogP contribution in [0.5, 0.6) is 0 Å². The summed E-state index contributed by atoms with van der Waals surface area (Å²) in [6.45, 7) is -1.60. The quantitative estimate of drug-likeness (QED) is 0.0941. The highest BCUT2D eigenvalue weighted by Gasteiger charge is 2.53. The maximum atomic E-state index is 18.2. The fourth-order valence-electron chi connectivity index (χ4n) is 15.3. The molecular formula is C85H54B2F5N5S. The van der Waals surface area contributed by atoms with Crippen LogP contribution in [0.3, 0.4) is 0 Å². The Morgan fingerprint density at radius 3 is 1.31 bits per heavy atom. The molecule has 0 fully saturated rings. The maximum Gasteiger partial charge on any atom is 0.419 e. The number of nitrogens with zero attached hydrogens (tertiary/aromatic N) is 5. The Bertz CT molecular complexity index is 5390. The molecule has 14 aromatic rings. The van der Waals surface area contributed by atoms with Crippen molar-refractivity contribution < 1.29 is 22.0 Å². The number of halogens is 5. The van der Waals surface area contributed by atoms with Gasteiger partial charge in [0, 0.05) is 84.1 Å². The van der Waals surface area contributed by atoms with E-state index in [1.54, 1.807) is 0 Å². The van der Waals surface area contributed by atoms with Crippen LogP contribution >= 0.6 is 11.8 Å². The van der Waals surface area contributed by atoms with Crippen molar-refractivity contribution in [3.05, 3.63) is 345 Å². The van der Waals surface area contributed by atoms with E-state index in [0.29, 0.717) is 44.0 Å². The summed E-state index contributed by atoms with van der Waals surface area (Å²) in [6.07, 6.45) is -5.09. The number of anilines is 15. The smallest absolute Gasteiger partial charge is 0.311 e. The minimum absolute atomic E-state index is 0.0118. The van der Waals surface area contributed by atoms with Crippen molar-refractivity contribution in [3.8, 4) is 22.3 Å². The third-order valence-corrected chi connectivity index (χ3v) is 20.5. The Morgan fingerprint density at radius 1 is 0.306 bits per heavy atom. The van der Waals surface area contributed by atoms with Crippen LogP contribution in [0.15, 0.2) is 337 Å². The van der Waals surface area contributed by atoms with Crippen LogP contribution in [0.4, 0.5) is 107 Å². The Kier molecular flexibility index (Phi) is 14.1. The Balaban J connectivity index is 0.940. The Hall–Kier alpha value is -11.8. The molecule has 14 aromatic carbocycles. The van der Waals surface area contributed by atoms with Gasteiger partial charge in [0.2, 0.25) is 6.71 Å². The molecule has 0 amide bonds. The van der Waals surface area contributed by atoms with E-state index in [9.17, 15) is 0 Å². The fourth-order valence-corrected chi connectivity index (χ4v) is 16.7. The molecule has 0 saturated carbocycles. The van der Waals surface area contributed by atoms with E-state index >= 15 is 22.0 Å². The first-order valence-corrected chi connectivity index (χ1v) is 33.4. The lowest BCUT2D eigenvalue weighted by Gasteiger charge is -2.47. The highest BCUT2D eigenvalue weighted by atomic mass is 32.2. The van der Waals surface area contributed by atoms with E-state index in [0.717, 1.165) is 114 Å². The van der Waals surface area contributed by atoms with E-state index in [-0.39, 0.29) is 16.3 Å². The van der Waals surface area contributed by atoms with Gasteiger partial charge in [-0.1, -0.05) is 217 Å². The zero-order valence-corrected chi connectivity index (χ0v) is 53.2. The third kappa shape index (κ3) is 9.70. The molecule has 0 radical (unpaired) electrons. The lowest BCUT2D eigenvalue weighted by molar-refractivity contribution is -0.139. The van der Waals surface area contributed by atoms with E-state index in [1.165, 1.54) is 11.0 Å². The first-order valence-electron chi connectivity index (χ1n) is 32.6. The molecule has 4 heterocycles. The minimum Gasteiger partial charge on any atom is -0.311 e. The van der Waals surface area contributed by atoms with E-state index in [4.69, 9.17) is 0 Å². The number of hydrogen-bond donors (Lipinski definition) is 0. The molecular weight excluding hydrogens is 1240 g/mol. The fraction of sp³-hybridized carbons (Fsp3) is 0.0118. The standard InChI is InChI=1S/C85H54B2F5N5S/c88-59-44-47-75(72(89)49-59)97-77-51-66(93(60-29-11-3-12-30-60)61-31-13-4-14-32-61)50-76-81(77)86(68-38-19-21-40-73(68)95(76)62-33-15-5-16-34-62)70-54-71-84(80(83(70)97)85(90,91)92)98-79-53-67(52-78-82(79)87(71)69-39-20-22-41-74(69)96(78)63-35-17-6-18-36-63)94(64-45-42-57(43-46-64)55-24-7-1-8-25-55)65-37-23-28-58(48-65)56-26-9-2-10-27-56/h1-54H.